The third-order valence-corrected chi connectivity index (χ3v) is 2.53. The van der Waals surface area contributed by atoms with E-state index in [4.69, 9.17) is 15.4 Å². The zero-order valence-corrected chi connectivity index (χ0v) is 9.52. The predicted molar refractivity (Wildman–Crippen MR) is 62.3 cm³/mol. The smallest absolute Gasteiger partial charge is 0.358 e. The zero-order chi connectivity index (χ0) is 13.4. The Morgan fingerprint density at radius 2 is 2.26 bits per heavy atom. The number of hydrogen-bond acceptors (Lipinski definition) is 7. The molecule has 9 heteroatoms. The van der Waals surface area contributed by atoms with E-state index in [1.807, 2.05) is 0 Å². The van der Waals surface area contributed by atoms with Gasteiger partial charge in [-0.3, -0.25) is 0 Å². The van der Waals surface area contributed by atoms with Crippen LogP contribution in [0.3, 0.4) is 0 Å². The van der Waals surface area contributed by atoms with Crippen molar-refractivity contribution in [3.63, 3.8) is 0 Å². The number of nitrogens with two attached hydrogens (primary N) is 1. The van der Waals surface area contributed by atoms with Crippen molar-refractivity contribution in [1.29, 1.82) is 0 Å². The minimum Gasteiger partial charge on any atom is -0.476 e. The molecule has 0 aliphatic rings. The summed E-state index contributed by atoms with van der Waals surface area (Å²) in [5.74, 6) is -0.474. The van der Waals surface area contributed by atoms with E-state index >= 15 is 0 Å². The van der Waals surface area contributed by atoms with E-state index in [1.165, 1.54) is 18.7 Å². The van der Waals surface area contributed by atoms with Gasteiger partial charge in [-0.1, -0.05) is 5.16 Å². The molecule has 0 radical (unpaired) electrons. The molecule has 0 aromatic carbocycles. The topological polar surface area (TPSA) is 133 Å². The summed E-state index contributed by atoms with van der Waals surface area (Å²) in [6, 6.07) is 1.35. The summed E-state index contributed by atoms with van der Waals surface area (Å²) in [6.07, 6.45) is 2.86. The average Bonchev–Trinajstić information content (AvgIpc) is 2.98. The van der Waals surface area contributed by atoms with Crippen molar-refractivity contribution < 1.29 is 14.4 Å². The predicted octanol–water partition coefficient (Wildman–Crippen LogP) is 0.143. The first kappa shape index (κ1) is 11.1. The van der Waals surface area contributed by atoms with Gasteiger partial charge < -0.3 is 19.9 Å². The lowest BCUT2D eigenvalue weighted by Gasteiger charge is -1.99. The van der Waals surface area contributed by atoms with Crippen molar-refractivity contribution in [2.45, 2.75) is 6.54 Å². The van der Waals surface area contributed by atoms with Crippen LogP contribution in [0.4, 0.5) is 5.82 Å². The number of aromatic nitrogens is 5. The number of nitrogens with zero attached hydrogens (tertiary/aromatic N) is 5. The number of rotatable bonds is 3. The van der Waals surface area contributed by atoms with E-state index in [1.54, 1.807) is 4.57 Å². The van der Waals surface area contributed by atoms with Crippen LogP contribution in [0.2, 0.25) is 0 Å². The van der Waals surface area contributed by atoms with E-state index < -0.39 is 5.97 Å². The van der Waals surface area contributed by atoms with Gasteiger partial charge in [-0.25, -0.2) is 19.7 Å². The maximum Gasteiger partial charge on any atom is 0.358 e. The third-order valence-electron chi connectivity index (χ3n) is 2.53. The number of nitrogen functional groups attached to an aromatic ring is 1. The molecule has 0 fully saturated rings. The number of imidazole rings is 1. The Balaban J connectivity index is 1.96. The molecule has 0 aliphatic carbocycles. The lowest BCUT2D eigenvalue weighted by Crippen LogP contribution is -2.00. The molecule has 3 aromatic rings. The number of hydrogen-bond donors (Lipinski definition) is 2. The van der Waals surface area contributed by atoms with Crippen LogP contribution in [0.15, 0.2) is 23.2 Å². The summed E-state index contributed by atoms with van der Waals surface area (Å²) in [4.78, 5) is 22.7. The van der Waals surface area contributed by atoms with Gasteiger partial charge in [0.1, 0.15) is 11.8 Å². The fraction of sp³-hybridized carbons (Fsp3) is 0.100. The fourth-order valence-corrected chi connectivity index (χ4v) is 1.67. The van der Waals surface area contributed by atoms with Gasteiger partial charge in [-0.05, 0) is 0 Å². The van der Waals surface area contributed by atoms with E-state index in [0.717, 1.165) is 0 Å². The number of aromatic carboxylic acids is 1. The number of carboxylic acid groups (broad SMARTS) is 1. The molecule has 0 saturated heterocycles. The molecule has 0 atom stereocenters. The first-order valence-electron chi connectivity index (χ1n) is 5.25. The van der Waals surface area contributed by atoms with E-state index in [2.05, 4.69) is 20.1 Å². The van der Waals surface area contributed by atoms with Crippen LogP contribution >= 0.6 is 0 Å². The summed E-state index contributed by atoms with van der Waals surface area (Å²) in [5, 5.41) is 12.2. The van der Waals surface area contributed by atoms with Crippen LogP contribution in [0.1, 0.15) is 16.2 Å². The first-order valence-corrected chi connectivity index (χ1v) is 5.25. The lowest BCUT2D eigenvalue weighted by molar-refractivity contribution is 0.0685. The summed E-state index contributed by atoms with van der Waals surface area (Å²) in [7, 11) is 0. The number of carbonyl (C=O) groups is 1. The van der Waals surface area contributed by atoms with Crippen molar-refractivity contribution in [3.8, 4) is 0 Å². The monoisotopic (exact) mass is 260 g/mol. The molecule has 0 spiro atoms. The fourth-order valence-electron chi connectivity index (χ4n) is 1.67. The van der Waals surface area contributed by atoms with Crippen molar-refractivity contribution in [2.24, 2.45) is 0 Å². The second kappa shape index (κ2) is 4.05. The Bertz CT molecular complexity index is 762. The van der Waals surface area contributed by atoms with Crippen molar-refractivity contribution in [2.75, 3.05) is 5.73 Å². The Labute approximate surface area is 105 Å². The number of anilines is 1. The van der Waals surface area contributed by atoms with Gasteiger partial charge in [0.05, 0.1) is 12.9 Å². The highest BCUT2D eigenvalue weighted by molar-refractivity contribution is 5.85. The van der Waals surface area contributed by atoms with E-state index in [9.17, 15) is 4.79 Å². The second-order valence-electron chi connectivity index (χ2n) is 3.79. The largest absolute Gasteiger partial charge is 0.476 e. The highest BCUT2D eigenvalue weighted by Crippen LogP contribution is 2.16. The van der Waals surface area contributed by atoms with Gasteiger partial charge in [-0.15, -0.1) is 0 Å². The van der Waals surface area contributed by atoms with Crippen LogP contribution in [0.5, 0.6) is 0 Å². The van der Waals surface area contributed by atoms with Gasteiger partial charge in [0, 0.05) is 6.07 Å². The van der Waals surface area contributed by atoms with Gasteiger partial charge >= 0.3 is 5.97 Å². The molecule has 0 saturated carbocycles. The SMILES string of the molecule is Nc1ncnc2c1ncn2Cc1cc(C(=O)O)no1. The van der Waals surface area contributed by atoms with Crippen molar-refractivity contribution in [1.82, 2.24) is 24.7 Å². The maximum absolute atomic E-state index is 10.7. The van der Waals surface area contributed by atoms with Gasteiger partial charge in [0.2, 0.25) is 0 Å². The molecule has 0 aliphatic heterocycles. The highest BCUT2D eigenvalue weighted by atomic mass is 16.5. The molecule has 3 heterocycles. The summed E-state index contributed by atoms with van der Waals surface area (Å²) in [5.41, 5.74) is 6.55. The summed E-state index contributed by atoms with van der Waals surface area (Å²) >= 11 is 0. The average molecular weight is 260 g/mol. The van der Waals surface area contributed by atoms with Crippen LogP contribution in [0, 0.1) is 0 Å². The van der Waals surface area contributed by atoms with Gasteiger partial charge in [-0.2, -0.15) is 0 Å². The maximum atomic E-state index is 10.7. The van der Waals surface area contributed by atoms with Crippen LogP contribution in [0.25, 0.3) is 11.2 Å². The molecule has 3 rings (SSSR count). The number of carboxylic acids is 1. The second-order valence-corrected chi connectivity index (χ2v) is 3.79. The van der Waals surface area contributed by atoms with Gasteiger partial charge in [0.15, 0.2) is 22.9 Å². The van der Waals surface area contributed by atoms with E-state index in [-0.39, 0.29) is 18.1 Å². The Morgan fingerprint density at radius 1 is 1.42 bits per heavy atom. The molecule has 96 valence electrons. The standard InChI is InChI=1S/C10H8N6O3/c11-8-7-9(13-3-12-8)16(4-14-7)2-5-1-6(10(17)18)15-19-5/h1,3-4H,2H2,(H,17,18)(H2,11,12,13). The molecule has 0 unspecified atom stereocenters. The lowest BCUT2D eigenvalue weighted by atomic mass is 10.3. The zero-order valence-electron chi connectivity index (χ0n) is 9.52. The van der Waals surface area contributed by atoms with Gasteiger partial charge in [0.25, 0.3) is 0 Å². The highest BCUT2D eigenvalue weighted by Gasteiger charge is 2.13. The molecule has 0 amide bonds. The number of fused-ring (bicyclic) bond motifs is 1. The van der Waals surface area contributed by atoms with E-state index in [0.29, 0.717) is 16.9 Å². The molecule has 19 heavy (non-hydrogen) atoms. The van der Waals surface area contributed by atoms with Crippen molar-refractivity contribution in [3.05, 3.63) is 30.2 Å². The molecular formula is C10H8N6O3. The quantitative estimate of drug-likeness (QED) is 0.679. The summed E-state index contributed by atoms with van der Waals surface area (Å²) < 4.78 is 6.59. The normalized spacial score (nSPS) is 10.9. The van der Waals surface area contributed by atoms with Crippen LogP contribution in [-0.4, -0.2) is 35.8 Å². The molecule has 9 nitrogen and oxygen atoms in total. The third kappa shape index (κ3) is 1.86. The molecule has 0 bridgehead atoms. The minimum atomic E-state index is -1.14. The summed E-state index contributed by atoms with van der Waals surface area (Å²) in [6.45, 7) is 0.257. The van der Waals surface area contributed by atoms with Crippen LogP contribution < -0.4 is 5.73 Å². The van der Waals surface area contributed by atoms with Crippen LogP contribution in [-0.2, 0) is 6.54 Å². The Hall–Kier alpha value is -2.97. The molecule has 3 N–H and O–H groups in total. The molecule has 3 aromatic heterocycles. The minimum absolute atomic E-state index is 0.145. The molecular weight excluding hydrogens is 252 g/mol. The Kier molecular flexibility index (Phi) is 2.37. The Morgan fingerprint density at radius 3 is 3.00 bits per heavy atom. The van der Waals surface area contributed by atoms with Crippen molar-refractivity contribution >= 4 is 23.0 Å². The first-order chi connectivity index (χ1) is 9.15.